The number of nitrogens with zero attached hydrogens (tertiary/aromatic N) is 1. The fourth-order valence-corrected chi connectivity index (χ4v) is 2.49. The molecule has 0 amide bonds. The van der Waals surface area contributed by atoms with Crippen molar-refractivity contribution in [3.05, 3.63) is 23.4 Å². The summed E-state index contributed by atoms with van der Waals surface area (Å²) in [5.74, 6) is 1.60. The lowest BCUT2D eigenvalue weighted by Gasteiger charge is -2.09. The number of aliphatic hydroxyl groups is 1. The Hall–Kier alpha value is -0.580. The van der Waals surface area contributed by atoms with Crippen molar-refractivity contribution in [3.8, 4) is 0 Å². The lowest BCUT2D eigenvalue weighted by molar-refractivity contribution is 0.296. The number of aromatic nitrogens is 1. The first-order chi connectivity index (χ1) is 8.63. The molecule has 1 rings (SSSR count). The first-order valence-electron chi connectivity index (χ1n) is 6.53. The second kappa shape index (κ2) is 8.51. The van der Waals surface area contributed by atoms with Gasteiger partial charge < -0.3 is 10.4 Å². The van der Waals surface area contributed by atoms with Crippen molar-refractivity contribution in [2.75, 3.05) is 18.9 Å². The molecule has 0 atom stereocenters. The average molecular weight is 268 g/mol. The Balaban J connectivity index is 2.45. The summed E-state index contributed by atoms with van der Waals surface area (Å²) in [6, 6.07) is 2.20. The molecule has 102 valence electrons. The Bertz CT molecular complexity index is 356. The summed E-state index contributed by atoms with van der Waals surface area (Å²) in [7, 11) is 0. The van der Waals surface area contributed by atoms with E-state index in [1.807, 2.05) is 6.20 Å². The smallest absolute Gasteiger partial charge is 0.0989 e. The fourth-order valence-electron chi connectivity index (χ4n) is 1.61. The predicted octanol–water partition coefficient (Wildman–Crippen LogP) is 2.61. The van der Waals surface area contributed by atoms with E-state index in [0.29, 0.717) is 5.92 Å². The monoisotopic (exact) mass is 268 g/mol. The first kappa shape index (κ1) is 15.5. The van der Waals surface area contributed by atoms with Crippen LogP contribution in [0.4, 0.5) is 0 Å². The van der Waals surface area contributed by atoms with Gasteiger partial charge in [0.25, 0.3) is 0 Å². The number of hydrogen-bond donors (Lipinski definition) is 2. The lowest BCUT2D eigenvalue weighted by atomic mass is 10.2. The zero-order chi connectivity index (χ0) is 13.4. The third kappa shape index (κ3) is 5.85. The molecule has 1 aromatic rings. The van der Waals surface area contributed by atoms with Crippen molar-refractivity contribution in [2.24, 2.45) is 5.92 Å². The van der Waals surface area contributed by atoms with Crippen LogP contribution < -0.4 is 5.32 Å². The Kier molecular flexibility index (Phi) is 7.32. The van der Waals surface area contributed by atoms with E-state index in [4.69, 9.17) is 5.11 Å². The third-order valence-corrected chi connectivity index (χ3v) is 3.70. The highest BCUT2D eigenvalue weighted by atomic mass is 32.2. The molecular weight excluding hydrogens is 244 g/mol. The number of rotatable bonds is 8. The van der Waals surface area contributed by atoms with Gasteiger partial charge in [0.2, 0.25) is 0 Å². The zero-order valence-electron chi connectivity index (χ0n) is 11.6. The molecule has 18 heavy (non-hydrogen) atoms. The Morgan fingerprint density at radius 3 is 2.83 bits per heavy atom. The van der Waals surface area contributed by atoms with Crippen LogP contribution in [-0.4, -0.2) is 29.0 Å². The number of nitrogens with one attached hydrogen (secondary N) is 1. The summed E-state index contributed by atoms with van der Waals surface area (Å²) in [5.41, 5.74) is 2.46. The van der Waals surface area contributed by atoms with Crippen LogP contribution in [0.15, 0.2) is 17.3 Å². The minimum Gasteiger partial charge on any atom is -0.396 e. The summed E-state index contributed by atoms with van der Waals surface area (Å²) in [4.78, 5) is 4.49. The number of hydrogen-bond acceptors (Lipinski definition) is 4. The molecule has 0 aliphatic heterocycles. The Morgan fingerprint density at radius 1 is 1.44 bits per heavy atom. The van der Waals surface area contributed by atoms with Gasteiger partial charge in [-0.15, -0.1) is 11.8 Å². The molecule has 0 aromatic carbocycles. The van der Waals surface area contributed by atoms with E-state index in [1.165, 1.54) is 11.1 Å². The highest BCUT2D eigenvalue weighted by Crippen LogP contribution is 2.20. The summed E-state index contributed by atoms with van der Waals surface area (Å²) in [5, 5.41) is 13.3. The van der Waals surface area contributed by atoms with Crippen molar-refractivity contribution < 1.29 is 5.11 Å². The zero-order valence-corrected chi connectivity index (χ0v) is 12.4. The molecular formula is C14H24N2OS. The quantitative estimate of drug-likeness (QED) is 0.562. The van der Waals surface area contributed by atoms with Crippen molar-refractivity contribution in [1.82, 2.24) is 10.3 Å². The van der Waals surface area contributed by atoms with Crippen LogP contribution in [0.2, 0.25) is 0 Å². The van der Waals surface area contributed by atoms with E-state index < -0.39 is 0 Å². The predicted molar refractivity (Wildman–Crippen MR) is 77.9 cm³/mol. The van der Waals surface area contributed by atoms with Gasteiger partial charge in [0.05, 0.1) is 5.03 Å². The second-order valence-corrected chi connectivity index (χ2v) is 6.00. The summed E-state index contributed by atoms with van der Waals surface area (Å²) in [6.45, 7) is 8.68. The average Bonchev–Trinajstić information content (AvgIpc) is 2.31. The van der Waals surface area contributed by atoms with Gasteiger partial charge in [-0.25, -0.2) is 4.98 Å². The molecule has 1 aromatic heterocycles. The van der Waals surface area contributed by atoms with E-state index in [1.54, 1.807) is 11.8 Å². The van der Waals surface area contributed by atoms with Crippen molar-refractivity contribution >= 4 is 11.8 Å². The maximum Gasteiger partial charge on any atom is 0.0989 e. The maximum absolute atomic E-state index is 8.76. The number of aliphatic hydroxyl groups excluding tert-OH is 1. The second-order valence-electron chi connectivity index (χ2n) is 4.92. The van der Waals surface area contributed by atoms with Gasteiger partial charge in [-0.1, -0.05) is 19.9 Å². The van der Waals surface area contributed by atoms with Crippen LogP contribution in [-0.2, 0) is 6.54 Å². The van der Waals surface area contributed by atoms with Crippen molar-refractivity contribution in [1.29, 1.82) is 0 Å². The normalized spacial score (nSPS) is 11.2. The van der Waals surface area contributed by atoms with Crippen LogP contribution >= 0.6 is 11.8 Å². The van der Waals surface area contributed by atoms with Gasteiger partial charge in [-0.3, -0.25) is 0 Å². The first-order valence-corrected chi connectivity index (χ1v) is 7.52. The molecule has 4 heteroatoms. The summed E-state index contributed by atoms with van der Waals surface area (Å²) < 4.78 is 0. The summed E-state index contributed by atoms with van der Waals surface area (Å²) >= 11 is 1.72. The number of thioether (sulfide) groups is 1. The van der Waals surface area contributed by atoms with Crippen LogP contribution in [0.1, 0.15) is 31.4 Å². The van der Waals surface area contributed by atoms with Crippen LogP contribution in [0.5, 0.6) is 0 Å². The van der Waals surface area contributed by atoms with Crippen LogP contribution in [0.3, 0.4) is 0 Å². The summed E-state index contributed by atoms with van der Waals surface area (Å²) in [6.07, 6.45) is 2.77. The molecule has 3 nitrogen and oxygen atoms in total. The highest BCUT2D eigenvalue weighted by Gasteiger charge is 2.03. The van der Waals surface area contributed by atoms with E-state index in [2.05, 4.69) is 37.1 Å². The van der Waals surface area contributed by atoms with Crippen molar-refractivity contribution in [3.63, 3.8) is 0 Å². The molecule has 1 heterocycles. The Morgan fingerprint density at radius 2 is 2.22 bits per heavy atom. The Labute approximate surface area is 114 Å². The van der Waals surface area contributed by atoms with Gasteiger partial charge in [-0.05, 0) is 36.9 Å². The third-order valence-electron chi connectivity index (χ3n) is 2.51. The molecule has 0 bridgehead atoms. The van der Waals surface area contributed by atoms with Gasteiger partial charge in [0.1, 0.15) is 0 Å². The molecule has 0 saturated heterocycles. The fraction of sp³-hybridized carbons (Fsp3) is 0.643. The molecule has 0 spiro atoms. The van der Waals surface area contributed by atoms with Gasteiger partial charge >= 0.3 is 0 Å². The molecule has 0 radical (unpaired) electrons. The van der Waals surface area contributed by atoms with E-state index in [9.17, 15) is 0 Å². The molecule has 2 N–H and O–H groups in total. The molecule has 0 aliphatic rings. The van der Waals surface area contributed by atoms with E-state index in [0.717, 1.165) is 30.3 Å². The van der Waals surface area contributed by atoms with Gasteiger partial charge in [0, 0.05) is 25.1 Å². The van der Waals surface area contributed by atoms with E-state index in [-0.39, 0.29) is 6.61 Å². The standard InChI is InChI=1S/C14H24N2OS/c1-11(2)8-15-9-13-7-12(3)14(16-10-13)18-6-4-5-17/h7,10-11,15,17H,4-6,8-9H2,1-3H3. The van der Waals surface area contributed by atoms with E-state index >= 15 is 0 Å². The highest BCUT2D eigenvalue weighted by molar-refractivity contribution is 7.99. The van der Waals surface area contributed by atoms with Gasteiger partial charge in [-0.2, -0.15) is 0 Å². The molecule has 0 unspecified atom stereocenters. The number of pyridine rings is 1. The lowest BCUT2D eigenvalue weighted by Crippen LogP contribution is -2.19. The van der Waals surface area contributed by atoms with Crippen molar-refractivity contribution in [2.45, 2.75) is 38.8 Å². The maximum atomic E-state index is 8.76. The van der Waals surface area contributed by atoms with Gasteiger partial charge in [0.15, 0.2) is 0 Å². The SMILES string of the molecule is Cc1cc(CNCC(C)C)cnc1SCCCO. The minimum absolute atomic E-state index is 0.253. The largest absolute Gasteiger partial charge is 0.396 e. The topological polar surface area (TPSA) is 45.2 Å². The number of aryl methyl sites for hydroxylation is 1. The molecule has 0 fully saturated rings. The minimum atomic E-state index is 0.253. The molecule has 0 saturated carbocycles. The molecule has 0 aliphatic carbocycles. The van der Waals surface area contributed by atoms with Crippen LogP contribution in [0.25, 0.3) is 0 Å². The van der Waals surface area contributed by atoms with Crippen LogP contribution in [0, 0.1) is 12.8 Å².